The van der Waals surface area contributed by atoms with Crippen LogP contribution in [0.5, 0.6) is 0 Å². The van der Waals surface area contributed by atoms with Gasteiger partial charge in [0.05, 0.1) is 27.2 Å². The van der Waals surface area contributed by atoms with Gasteiger partial charge in [-0.2, -0.15) is 0 Å². The van der Waals surface area contributed by atoms with Gasteiger partial charge < -0.3 is 18.9 Å². The number of quaternary nitrogens is 1. The van der Waals surface area contributed by atoms with Gasteiger partial charge in [0.1, 0.15) is 19.8 Å². The van der Waals surface area contributed by atoms with Gasteiger partial charge in [0.25, 0.3) is 0 Å². The largest absolute Gasteiger partial charge is 0.472 e. The number of hydrogen-bond donors (Lipinski definition) is 1. The molecular weight excluding hydrogens is 665 g/mol. The van der Waals surface area contributed by atoms with Crippen LogP contribution in [0.1, 0.15) is 201 Å². The van der Waals surface area contributed by atoms with Crippen LogP contribution < -0.4 is 0 Å². The smallest absolute Gasteiger partial charge is 0.462 e. The lowest BCUT2D eigenvalue weighted by atomic mass is 10.0. The molecule has 51 heavy (non-hydrogen) atoms. The Kier molecular flexibility index (Phi) is 34.1. The van der Waals surface area contributed by atoms with E-state index in [0.29, 0.717) is 17.4 Å². The Labute approximate surface area is 314 Å². The van der Waals surface area contributed by atoms with E-state index < -0.39 is 26.5 Å². The predicted octanol–water partition coefficient (Wildman–Crippen LogP) is 11.6. The van der Waals surface area contributed by atoms with E-state index in [-0.39, 0.29) is 25.6 Å². The second-order valence-electron chi connectivity index (χ2n) is 15.4. The van der Waals surface area contributed by atoms with Crippen LogP contribution in [0.15, 0.2) is 0 Å². The highest BCUT2D eigenvalue weighted by molar-refractivity contribution is 7.47. The maximum absolute atomic E-state index is 12.7. The van der Waals surface area contributed by atoms with E-state index in [1.807, 2.05) is 21.0 Å². The van der Waals surface area contributed by atoms with E-state index in [4.69, 9.17) is 18.5 Å². The molecule has 0 aliphatic rings. The van der Waals surface area contributed by atoms with Crippen molar-refractivity contribution in [1.29, 1.82) is 0 Å². The number of ether oxygens (including phenoxy) is 2. The number of unbranched alkanes of at least 4 members (excludes halogenated alkanes) is 24. The Hall–Kier alpha value is -0.990. The Morgan fingerprint density at radius 3 is 1.31 bits per heavy atom. The minimum Gasteiger partial charge on any atom is -0.462 e. The van der Waals surface area contributed by atoms with Gasteiger partial charge >= 0.3 is 19.8 Å². The van der Waals surface area contributed by atoms with Crippen LogP contribution in [0.3, 0.4) is 0 Å². The fourth-order valence-electron chi connectivity index (χ4n) is 5.97. The number of phosphoric ester groups is 1. The van der Waals surface area contributed by atoms with Crippen LogP contribution in [0.2, 0.25) is 0 Å². The molecule has 0 amide bonds. The summed E-state index contributed by atoms with van der Waals surface area (Å²) in [5.74, 6) is -0.784. The standard InChI is InChI=1S/C41H82NO8P/c1-6-9-11-13-15-17-19-21-23-25-27-29-31-33-40(43)47-37-39(38-49-51(45,46)48-36-35-42(4,5)8-3)50-41(44)34-32-30-28-26-24-22-20-18-16-14-12-10-7-2/h39H,6-38H2,1-5H3/p+1. The van der Waals surface area contributed by atoms with Gasteiger partial charge in [0, 0.05) is 12.8 Å². The molecule has 0 bridgehead atoms. The first-order chi connectivity index (χ1) is 24.5. The van der Waals surface area contributed by atoms with Gasteiger partial charge in [-0.05, 0) is 19.8 Å². The molecule has 0 aliphatic heterocycles. The summed E-state index contributed by atoms with van der Waals surface area (Å²) in [5, 5.41) is 0. The Morgan fingerprint density at radius 2 is 0.922 bits per heavy atom. The molecule has 0 fully saturated rings. The van der Waals surface area contributed by atoms with Crippen molar-refractivity contribution in [3.8, 4) is 0 Å². The summed E-state index contributed by atoms with van der Waals surface area (Å²) in [5.41, 5.74) is 0. The molecule has 0 radical (unpaired) electrons. The Bertz CT molecular complexity index is 856. The second kappa shape index (κ2) is 34.8. The van der Waals surface area contributed by atoms with Gasteiger partial charge in [0.2, 0.25) is 0 Å². The van der Waals surface area contributed by atoms with E-state index in [9.17, 15) is 19.0 Å². The van der Waals surface area contributed by atoms with E-state index in [2.05, 4.69) is 13.8 Å². The highest BCUT2D eigenvalue weighted by atomic mass is 31.2. The predicted molar refractivity (Wildman–Crippen MR) is 211 cm³/mol. The molecule has 0 rings (SSSR count). The molecule has 0 spiro atoms. The summed E-state index contributed by atoms with van der Waals surface area (Å²) < 4.78 is 34.5. The van der Waals surface area contributed by atoms with Gasteiger partial charge in [-0.1, -0.05) is 168 Å². The molecule has 1 N–H and O–H groups in total. The fourth-order valence-corrected chi connectivity index (χ4v) is 6.71. The Morgan fingerprint density at radius 1 is 0.549 bits per heavy atom. The quantitative estimate of drug-likeness (QED) is 0.0286. The maximum Gasteiger partial charge on any atom is 0.472 e. The highest BCUT2D eigenvalue weighted by Crippen LogP contribution is 2.43. The molecule has 0 aromatic rings. The zero-order chi connectivity index (χ0) is 37.9. The van der Waals surface area contributed by atoms with Crippen LogP contribution in [0.25, 0.3) is 0 Å². The summed E-state index contributed by atoms with van der Waals surface area (Å²) in [6.07, 6.45) is 31.4. The average molecular weight is 749 g/mol. The summed E-state index contributed by atoms with van der Waals surface area (Å²) in [6, 6.07) is 0. The van der Waals surface area contributed by atoms with E-state index in [1.54, 1.807) is 0 Å². The summed E-state index contributed by atoms with van der Waals surface area (Å²) in [7, 11) is -0.359. The molecule has 2 atom stereocenters. The topological polar surface area (TPSA) is 108 Å². The van der Waals surface area contributed by atoms with Crippen molar-refractivity contribution < 1.29 is 42.1 Å². The summed E-state index contributed by atoms with van der Waals surface area (Å²) in [4.78, 5) is 35.4. The van der Waals surface area contributed by atoms with Gasteiger partial charge in [-0.25, -0.2) is 4.57 Å². The third-order valence-electron chi connectivity index (χ3n) is 9.93. The first kappa shape index (κ1) is 50.0. The average Bonchev–Trinajstić information content (AvgIpc) is 3.09. The first-order valence-electron chi connectivity index (χ1n) is 21.3. The number of nitrogens with zero attached hydrogens (tertiary/aromatic N) is 1. The molecule has 2 unspecified atom stereocenters. The number of carbonyl (C=O) groups is 2. The van der Waals surface area contributed by atoms with Crippen LogP contribution >= 0.6 is 7.82 Å². The molecule has 0 aliphatic carbocycles. The molecule has 9 nitrogen and oxygen atoms in total. The van der Waals surface area contributed by atoms with Crippen molar-refractivity contribution in [2.45, 2.75) is 207 Å². The van der Waals surface area contributed by atoms with Gasteiger partial charge in [-0.3, -0.25) is 18.6 Å². The third kappa shape index (κ3) is 35.8. The lowest BCUT2D eigenvalue weighted by Crippen LogP contribution is -2.41. The molecule has 0 heterocycles. The zero-order valence-corrected chi connectivity index (χ0v) is 35.0. The number of likely N-dealkylation sites (N-methyl/N-ethyl adjacent to an activating group) is 1. The number of carbonyl (C=O) groups excluding carboxylic acids is 2. The normalized spacial score (nSPS) is 13.6. The number of rotatable bonds is 39. The minimum absolute atomic E-state index is 0.0478. The molecule has 0 saturated carbocycles. The van der Waals surface area contributed by atoms with Crippen molar-refractivity contribution >= 4 is 19.8 Å². The molecule has 0 aromatic heterocycles. The molecule has 10 heteroatoms. The molecular formula is C41H83NO8P+. The summed E-state index contributed by atoms with van der Waals surface area (Å²) in [6.45, 7) is 7.36. The van der Waals surface area contributed by atoms with Crippen molar-refractivity contribution in [3.63, 3.8) is 0 Å². The SMILES string of the molecule is CCCCCCCCCCCCCCCC(=O)OCC(COP(=O)(O)OCC[N+](C)(C)CC)OC(=O)CCCCCCCCCCCCCCC. The molecule has 0 aromatic carbocycles. The van der Waals surface area contributed by atoms with Gasteiger partial charge in [0.15, 0.2) is 6.10 Å². The van der Waals surface area contributed by atoms with Crippen LogP contribution in [0.4, 0.5) is 0 Å². The van der Waals surface area contributed by atoms with Crippen LogP contribution in [0, 0.1) is 0 Å². The highest BCUT2D eigenvalue weighted by Gasteiger charge is 2.27. The van der Waals surface area contributed by atoms with Crippen molar-refractivity contribution in [3.05, 3.63) is 0 Å². The monoisotopic (exact) mass is 749 g/mol. The third-order valence-corrected chi connectivity index (χ3v) is 10.9. The molecule has 0 saturated heterocycles. The van der Waals surface area contributed by atoms with E-state index >= 15 is 0 Å². The molecule has 304 valence electrons. The fraction of sp³-hybridized carbons (Fsp3) is 0.951. The Balaban J connectivity index is 4.42. The number of esters is 2. The number of phosphoric acid groups is 1. The summed E-state index contributed by atoms with van der Waals surface area (Å²) >= 11 is 0. The number of hydrogen-bond acceptors (Lipinski definition) is 7. The van der Waals surface area contributed by atoms with Crippen LogP contribution in [-0.4, -0.2) is 74.4 Å². The van der Waals surface area contributed by atoms with Gasteiger partial charge in [-0.15, -0.1) is 0 Å². The minimum atomic E-state index is -4.37. The zero-order valence-electron chi connectivity index (χ0n) is 34.1. The lowest BCUT2D eigenvalue weighted by molar-refractivity contribution is -0.888. The van der Waals surface area contributed by atoms with Crippen molar-refractivity contribution in [2.24, 2.45) is 0 Å². The second-order valence-corrected chi connectivity index (χ2v) is 16.8. The van der Waals surface area contributed by atoms with E-state index in [0.717, 1.165) is 45.1 Å². The van der Waals surface area contributed by atoms with Crippen molar-refractivity contribution in [1.82, 2.24) is 0 Å². The van der Waals surface area contributed by atoms with Crippen LogP contribution in [-0.2, 0) is 32.7 Å². The lowest BCUT2D eigenvalue weighted by Gasteiger charge is -2.28. The van der Waals surface area contributed by atoms with Crippen molar-refractivity contribution in [2.75, 3.05) is 47.0 Å². The first-order valence-corrected chi connectivity index (χ1v) is 22.8. The van der Waals surface area contributed by atoms with E-state index in [1.165, 1.54) is 128 Å². The maximum atomic E-state index is 12.7.